The van der Waals surface area contributed by atoms with Crippen molar-refractivity contribution in [2.24, 2.45) is 5.10 Å². The van der Waals surface area contributed by atoms with Crippen LogP contribution in [-0.4, -0.2) is 43.4 Å². The summed E-state index contributed by atoms with van der Waals surface area (Å²) in [4.78, 5) is 18.5. The summed E-state index contributed by atoms with van der Waals surface area (Å²) in [5.74, 6) is -0.674. The van der Waals surface area contributed by atoms with E-state index in [1.54, 1.807) is 18.2 Å². The van der Waals surface area contributed by atoms with Gasteiger partial charge in [0.05, 0.1) is 31.5 Å². The van der Waals surface area contributed by atoms with E-state index in [0.717, 1.165) is 18.2 Å². The third-order valence-electron chi connectivity index (χ3n) is 3.46. The average molecular weight is 348 g/mol. The van der Waals surface area contributed by atoms with E-state index in [4.69, 9.17) is 4.74 Å². The summed E-state index contributed by atoms with van der Waals surface area (Å²) in [6.07, 6.45) is 1.42. The van der Waals surface area contributed by atoms with Crippen LogP contribution in [0, 0.1) is 5.82 Å². The van der Waals surface area contributed by atoms with Gasteiger partial charge in [-0.1, -0.05) is 18.2 Å². The van der Waals surface area contributed by atoms with Crippen molar-refractivity contribution in [2.45, 2.75) is 6.42 Å². The summed E-state index contributed by atoms with van der Waals surface area (Å²) < 4.78 is 18.7. The molecule has 1 aromatic carbocycles. The van der Waals surface area contributed by atoms with Gasteiger partial charge in [0, 0.05) is 24.0 Å². The minimum atomic E-state index is -0.384. The van der Waals surface area contributed by atoms with Crippen LogP contribution in [0.4, 0.5) is 9.52 Å². The molecule has 1 aliphatic heterocycles. The Labute approximate surface area is 143 Å². The maximum absolute atomic E-state index is 13.4. The second kappa shape index (κ2) is 7.98. The summed E-state index contributed by atoms with van der Waals surface area (Å²) in [5, 5.41) is 6.54. The van der Waals surface area contributed by atoms with Crippen LogP contribution in [-0.2, 0) is 16.0 Å². The zero-order valence-electron chi connectivity index (χ0n) is 12.9. The van der Waals surface area contributed by atoms with Crippen molar-refractivity contribution in [2.75, 3.05) is 31.2 Å². The smallest absolute Gasteiger partial charge is 0.246 e. The van der Waals surface area contributed by atoms with Crippen LogP contribution >= 0.6 is 11.3 Å². The Balaban J connectivity index is 1.52. The Hall–Kier alpha value is -2.32. The van der Waals surface area contributed by atoms with Crippen molar-refractivity contribution in [1.82, 2.24) is 10.4 Å². The number of rotatable bonds is 5. The highest BCUT2D eigenvalue weighted by Crippen LogP contribution is 2.21. The number of hydrogen-bond acceptors (Lipinski definition) is 6. The Morgan fingerprint density at radius 3 is 3.00 bits per heavy atom. The van der Waals surface area contributed by atoms with Gasteiger partial charge in [-0.05, 0) is 6.07 Å². The molecule has 0 unspecified atom stereocenters. The van der Waals surface area contributed by atoms with Gasteiger partial charge in [0.2, 0.25) is 5.91 Å². The van der Waals surface area contributed by atoms with E-state index in [0.29, 0.717) is 24.5 Å². The number of aromatic nitrogens is 1. The van der Waals surface area contributed by atoms with Gasteiger partial charge in [-0.25, -0.2) is 14.8 Å². The maximum atomic E-state index is 13.4. The van der Waals surface area contributed by atoms with Gasteiger partial charge in [0.25, 0.3) is 0 Å². The van der Waals surface area contributed by atoms with Gasteiger partial charge < -0.3 is 9.64 Å². The van der Waals surface area contributed by atoms with E-state index < -0.39 is 0 Å². The number of halogens is 1. The lowest BCUT2D eigenvalue weighted by Gasteiger charge is -2.26. The second-order valence-corrected chi connectivity index (χ2v) is 6.05. The number of hydrazone groups is 1. The lowest BCUT2D eigenvalue weighted by Crippen LogP contribution is -2.36. The molecule has 126 valence electrons. The highest BCUT2D eigenvalue weighted by molar-refractivity contribution is 7.13. The lowest BCUT2D eigenvalue weighted by atomic mass is 10.2. The molecule has 0 saturated carbocycles. The summed E-state index contributed by atoms with van der Waals surface area (Å²) >= 11 is 1.51. The maximum Gasteiger partial charge on any atom is 0.246 e. The molecule has 1 fully saturated rings. The average Bonchev–Trinajstić information content (AvgIpc) is 3.06. The first-order valence-electron chi connectivity index (χ1n) is 7.56. The number of thiazole rings is 1. The SMILES string of the molecule is O=C(Cc1csc(N2CCOCC2)n1)N/N=C\c1ccccc1F. The second-order valence-electron chi connectivity index (χ2n) is 5.21. The first-order valence-corrected chi connectivity index (χ1v) is 8.44. The number of nitrogens with one attached hydrogen (secondary N) is 1. The zero-order chi connectivity index (χ0) is 16.8. The first-order chi connectivity index (χ1) is 11.7. The molecule has 1 saturated heterocycles. The van der Waals surface area contributed by atoms with E-state index in [9.17, 15) is 9.18 Å². The normalized spacial score (nSPS) is 15.0. The molecule has 2 heterocycles. The number of benzene rings is 1. The van der Waals surface area contributed by atoms with Gasteiger partial charge >= 0.3 is 0 Å². The fourth-order valence-corrected chi connectivity index (χ4v) is 3.11. The van der Waals surface area contributed by atoms with Crippen LogP contribution in [0.3, 0.4) is 0 Å². The van der Waals surface area contributed by atoms with E-state index in [1.165, 1.54) is 23.6 Å². The molecule has 24 heavy (non-hydrogen) atoms. The highest BCUT2D eigenvalue weighted by Gasteiger charge is 2.15. The largest absolute Gasteiger partial charge is 0.378 e. The summed E-state index contributed by atoms with van der Waals surface area (Å²) in [6, 6.07) is 6.22. The number of carbonyl (C=O) groups excluding carboxylic acids is 1. The van der Waals surface area contributed by atoms with Gasteiger partial charge in [-0.3, -0.25) is 4.79 Å². The number of nitrogens with zero attached hydrogens (tertiary/aromatic N) is 3. The Morgan fingerprint density at radius 2 is 2.21 bits per heavy atom. The molecule has 0 spiro atoms. The van der Waals surface area contributed by atoms with E-state index in [-0.39, 0.29) is 18.1 Å². The van der Waals surface area contributed by atoms with Gasteiger partial charge in [-0.15, -0.1) is 11.3 Å². The van der Waals surface area contributed by atoms with Gasteiger partial charge in [0.1, 0.15) is 5.82 Å². The quantitative estimate of drug-likeness (QED) is 0.661. The molecule has 1 amide bonds. The van der Waals surface area contributed by atoms with Crippen molar-refractivity contribution in [3.8, 4) is 0 Å². The predicted octanol–water partition coefficient (Wildman–Crippen LogP) is 1.81. The molecule has 1 aliphatic rings. The molecule has 0 radical (unpaired) electrons. The van der Waals surface area contributed by atoms with Crippen LogP contribution in [0.15, 0.2) is 34.7 Å². The lowest BCUT2D eigenvalue weighted by molar-refractivity contribution is -0.120. The van der Waals surface area contributed by atoms with Crippen molar-refractivity contribution in [1.29, 1.82) is 0 Å². The number of ether oxygens (including phenoxy) is 1. The van der Waals surface area contributed by atoms with Crippen molar-refractivity contribution >= 4 is 28.6 Å². The summed E-state index contributed by atoms with van der Waals surface area (Å²) in [5.41, 5.74) is 3.41. The van der Waals surface area contributed by atoms with Crippen LogP contribution < -0.4 is 10.3 Å². The Kier molecular flexibility index (Phi) is 5.50. The third kappa shape index (κ3) is 4.36. The number of morpholine rings is 1. The molecule has 0 bridgehead atoms. The van der Waals surface area contributed by atoms with E-state index >= 15 is 0 Å². The van der Waals surface area contributed by atoms with Crippen molar-refractivity contribution in [3.05, 3.63) is 46.7 Å². The van der Waals surface area contributed by atoms with Crippen LogP contribution in [0.25, 0.3) is 0 Å². The standard InChI is InChI=1S/C16H17FN4O2S/c17-14-4-2-1-3-12(14)10-18-20-15(22)9-13-11-24-16(19-13)21-5-7-23-8-6-21/h1-4,10-11H,5-9H2,(H,20,22)/b18-10-. The molecule has 0 aliphatic carbocycles. The highest BCUT2D eigenvalue weighted by atomic mass is 32.1. The summed E-state index contributed by atoms with van der Waals surface area (Å²) in [7, 11) is 0. The topological polar surface area (TPSA) is 66.8 Å². The molecule has 3 rings (SSSR count). The van der Waals surface area contributed by atoms with Crippen LogP contribution in [0.1, 0.15) is 11.3 Å². The van der Waals surface area contributed by atoms with Crippen LogP contribution in [0.2, 0.25) is 0 Å². The van der Waals surface area contributed by atoms with E-state index in [2.05, 4.69) is 20.4 Å². The number of anilines is 1. The Bertz CT molecular complexity index is 728. The molecule has 2 aromatic rings. The minimum absolute atomic E-state index is 0.134. The Morgan fingerprint density at radius 1 is 1.42 bits per heavy atom. The van der Waals surface area contributed by atoms with Crippen molar-refractivity contribution in [3.63, 3.8) is 0 Å². The fraction of sp³-hybridized carbons (Fsp3) is 0.312. The predicted molar refractivity (Wildman–Crippen MR) is 91.0 cm³/mol. The minimum Gasteiger partial charge on any atom is -0.378 e. The number of hydrogen-bond donors (Lipinski definition) is 1. The van der Waals surface area contributed by atoms with Gasteiger partial charge in [0.15, 0.2) is 5.13 Å². The third-order valence-corrected chi connectivity index (χ3v) is 4.41. The molecule has 8 heteroatoms. The molecular weight excluding hydrogens is 331 g/mol. The monoisotopic (exact) mass is 348 g/mol. The summed E-state index contributed by atoms with van der Waals surface area (Å²) in [6.45, 7) is 3.01. The fourth-order valence-electron chi connectivity index (χ4n) is 2.23. The van der Waals surface area contributed by atoms with Gasteiger partial charge in [-0.2, -0.15) is 5.10 Å². The first kappa shape index (κ1) is 16.5. The molecule has 6 nitrogen and oxygen atoms in total. The number of amides is 1. The van der Waals surface area contributed by atoms with Crippen LogP contribution in [0.5, 0.6) is 0 Å². The van der Waals surface area contributed by atoms with Crippen molar-refractivity contribution < 1.29 is 13.9 Å². The molecule has 0 atom stereocenters. The zero-order valence-corrected chi connectivity index (χ0v) is 13.8. The molecule has 1 aromatic heterocycles. The number of carbonyl (C=O) groups is 1. The van der Waals surface area contributed by atoms with E-state index in [1.807, 2.05) is 5.38 Å². The molecular formula is C16H17FN4O2S. The molecule has 1 N–H and O–H groups in total.